The molecule has 0 N–H and O–H groups in total. The molecule has 1 nitrogen and oxygen atoms in total. The quantitative estimate of drug-likeness (QED) is 0.545. The first-order chi connectivity index (χ1) is 4.91. The zero-order valence-corrected chi connectivity index (χ0v) is 9.50. The number of alkyl halides is 1. The molecule has 0 aromatic rings. The summed E-state index contributed by atoms with van der Waals surface area (Å²) in [6.45, 7) is 6.17. The molecule has 1 atom stereocenters. The second-order valence-electron chi connectivity index (χ2n) is 3.41. The van der Waals surface area contributed by atoms with Crippen LogP contribution in [0.2, 0.25) is 0 Å². The average Bonchev–Trinajstić information content (AvgIpc) is 1.86. The fraction of sp³-hybridized carbons (Fsp3) is 0.875. The van der Waals surface area contributed by atoms with Gasteiger partial charge in [0.15, 0.2) is 0 Å². The fourth-order valence-corrected chi connectivity index (χ4v) is 1.60. The Labute approximate surface area is 81.6 Å². The Bertz CT molecular complexity index is 145. The van der Waals surface area contributed by atoms with Gasteiger partial charge < -0.3 is 0 Å². The lowest BCUT2D eigenvalue weighted by Crippen LogP contribution is -2.28. The van der Waals surface area contributed by atoms with Crippen LogP contribution in [0.5, 0.6) is 0 Å². The first-order valence-electron chi connectivity index (χ1n) is 3.75. The lowest BCUT2D eigenvalue weighted by atomic mass is 9.85. The summed E-state index contributed by atoms with van der Waals surface area (Å²) >= 11 is 8.65. The van der Waals surface area contributed by atoms with Crippen molar-refractivity contribution in [2.45, 2.75) is 38.4 Å². The molecule has 0 spiro atoms. The third-order valence-electron chi connectivity index (χ3n) is 1.78. The first-order valence-corrected chi connectivity index (χ1v) is 5.04. The molecule has 0 aliphatic heterocycles. The van der Waals surface area contributed by atoms with Crippen LogP contribution in [0.4, 0.5) is 0 Å². The maximum absolute atomic E-state index is 10.8. The minimum absolute atomic E-state index is 0.0341. The molecule has 0 saturated carbocycles. The molecule has 1 unspecified atom stereocenters. The van der Waals surface area contributed by atoms with Gasteiger partial charge in [0, 0.05) is 0 Å². The lowest BCUT2D eigenvalue weighted by molar-refractivity contribution is -0.112. The second kappa shape index (κ2) is 4.46. The van der Waals surface area contributed by atoms with Gasteiger partial charge in [-0.05, 0) is 23.4 Å². The molecule has 66 valence electrons. The highest BCUT2D eigenvalue weighted by atomic mass is 79.9. The Morgan fingerprint density at radius 2 is 2.09 bits per heavy atom. The Kier molecular flexibility index (Phi) is 4.64. The van der Waals surface area contributed by atoms with Gasteiger partial charge in [0.1, 0.15) is 0 Å². The summed E-state index contributed by atoms with van der Waals surface area (Å²) in [5.41, 5.74) is -0.0341. The summed E-state index contributed by atoms with van der Waals surface area (Å²) in [6, 6.07) is 0. The summed E-state index contributed by atoms with van der Waals surface area (Å²) in [4.78, 5) is 10.6. The molecule has 3 heteroatoms. The maximum Gasteiger partial charge on any atom is 0.235 e. The normalized spacial score (nSPS) is 14.6. The van der Waals surface area contributed by atoms with Gasteiger partial charge in [0.25, 0.3) is 0 Å². The zero-order valence-electron chi connectivity index (χ0n) is 7.16. The molecule has 0 rings (SSSR count). The summed E-state index contributed by atoms with van der Waals surface area (Å²) in [5.74, 6) is 0. The van der Waals surface area contributed by atoms with Crippen LogP contribution in [0.1, 0.15) is 33.6 Å². The van der Waals surface area contributed by atoms with E-state index in [0.29, 0.717) is 0 Å². The molecule has 0 bridgehead atoms. The van der Waals surface area contributed by atoms with E-state index in [0.717, 1.165) is 12.8 Å². The van der Waals surface area contributed by atoms with Crippen LogP contribution in [0, 0.1) is 5.41 Å². The van der Waals surface area contributed by atoms with Crippen molar-refractivity contribution in [1.29, 1.82) is 0 Å². The largest absolute Gasteiger partial charge is 0.280 e. The SMILES string of the molecule is CCCC(C)(C)C(Br)C(=O)Cl. The molecule has 0 heterocycles. The van der Waals surface area contributed by atoms with E-state index in [1.165, 1.54) is 0 Å². The van der Waals surface area contributed by atoms with Crippen LogP contribution in [0.25, 0.3) is 0 Å². The minimum atomic E-state index is -0.302. The lowest BCUT2D eigenvalue weighted by Gasteiger charge is -2.27. The van der Waals surface area contributed by atoms with Gasteiger partial charge in [-0.2, -0.15) is 0 Å². The molecule has 11 heavy (non-hydrogen) atoms. The van der Waals surface area contributed by atoms with Crippen LogP contribution in [-0.2, 0) is 4.79 Å². The Morgan fingerprint density at radius 1 is 1.64 bits per heavy atom. The van der Waals surface area contributed by atoms with Gasteiger partial charge in [0.05, 0.1) is 4.83 Å². The molecule has 0 saturated heterocycles. The number of hydrogen-bond donors (Lipinski definition) is 0. The highest BCUT2D eigenvalue weighted by molar-refractivity contribution is 9.10. The van der Waals surface area contributed by atoms with E-state index in [4.69, 9.17) is 11.6 Å². The van der Waals surface area contributed by atoms with E-state index in [1.807, 2.05) is 13.8 Å². The predicted octanol–water partition coefficient (Wildman–Crippen LogP) is 3.34. The number of hydrogen-bond acceptors (Lipinski definition) is 1. The second-order valence-corrected chi connectivity index (χ2v) is 4.69. The fourth-order valence-electron chi connectivity index (χ4n) is 1.08. The first kappa shape index (κ1) is 11.4. The Balaban J connectivity index is 4.16. The van der Waals surface area contributed by atoms with E-state index in [9.17, 15) is 4.79 Å². The molecule has 0 aromatic heterocycles. The predicted molar refractivity (Wildman–Crippen MR) is 52.3 cm³/mol. The smallest absolute Gasteiger partial charge is 0.235 e. The topological polar surface area (TPSA) is 17.1 Å². The third-order valence-corrected chi connectivity index (χ3v) is 3.92. The molecule has 0 radical (unpaired) electrons. The van der Waals surface area contributed by atoms with Crippen molar-refractivity contribution in [3.8, 4) is 0 Å². The van der Waals surface area contributed by atoms with Gasteiger partial charge in [-0.3, -0.25) is 4.79 Å². The summed E-state index contributed by atoms with van der Waals surface area (Å²) in [5, 5.41) is -0.302. The van der Waals surface area contributed by atoms with E-state index in [1.54, 1.807) is 0 Å². The molecule has 0 fully saturated rings. The Morgan fingerprint density at radius 3 is 2.36 bits per heavy atom. The van der Waals surface area contributed by atoms with Crippen molar-refractivity contribution < 1.29 is 4.79 Å². The summed E-state index contributed by atoms with van der Waals surface area (Å²) in [7, 11) is 0. The molecular formula is C8H14BrClO. The van der Waals surface area contributed by atoms with Crippen LogP contribution >= 0.6 is 27.5 Å². The van der Waals surface area contributed by atoms with Crippen LogP contribution in [0.15, 0.2) is 0 Å². The van der Waals surface area contributed by atoms with Crippen LogP contribution < -0.4 is 0 Å². The summed E-state index contributed by atoms with van der Waals surface area (Å²) < 4.78 is 0. The van der Waals surface area contributed by atoms with Crippen molar-refractivity contribution in [3.63, 3.8) is 0 Å². The van der Waals surface area contributed by atoms with E-state index < -0.39 is 0 Å². The molecule has 0 aliphatic carbocycles. The number of carbonyl (C=O) groups is 1. The average molecular weight is 242 g/mol. The van der Waals surface area contributed by atoms with Gasteiger partial charge in [-0.25, -0.2) is 0 Å². The summed E-state index contributed by atoms with van der Waals surface area (Å²) in [6.07, 6.45) is 2.07. The van der Waals surface area contributed by atoms with E-state index >= 15 is 0 Å². The molecule has 0 amide bonds. The standard InChI is InChI=1S/C8H14BrClO/c1-4-5-8(2,3)6(9)7(10)11/h6H,4-5H2,1-3H3. The van der Waals surface area contributed by atoms with Gasteiger partial charge in [0.2, 0.25) is 5.24 Å². The van der Waals surface area contributed by atoms with Gasteiger partial charge in [-0.15, -0.1) is 0 Å². The van der Waals surface area contributed by atoms with Crippen LogP contribution in [-0.4, -0.2) is 10.1 Å². The van der Waals surface area contributed by atoms with Gasteiger partial charge >= 0.3 is 0 Å². The third kappa shape index (κ3) is 3.57. The highest BCUT2D eigenvalue weighted by Crippen LogP contribution is 2.33. The number of carbonyl (C=O) groups excluding carboxylic acids is 1. The Hall–Kier alpha value is 0.440. The molecule has 0 aromatic carbocycles. The van der Waals surface area contributed by atoms with E-state index in [-0.39, 0.29) is 15.5 Å². The highest BCUT2D eigenvalue weighted by Gasteiger charge is 2.30. The van der Waals surface area contributed by atoms with Crippen molar-refractivity contribution in [2.75, 3.05) is 0 Å². The zero-order chi connectivity index (χ0) is 9.07. The minimum Gasteiger partial charge on any atom is -0.280 e. The molecular weight excluding hydrogens is 227 g/mol. The van der Waals surface area contributed by atoms with Crippen molar-refractivity contribution in [3.05, 3.63) is 0 Å². The van der Waals surface area contributed by atoms with E-state index in [2.05, 4.69) is 22.9 Å². The maximum atomic E-state index is 10.8. The van der Waals surface area contributed by atoms with Crippen LogP contribution in [0.3, 0.4) is 0 Å². The number of halogens is 2. The van der Waals surface area contributed by atoms with Crippen molar-refractivity contribution in [2.24, 2.45) is 5.41 Å². The molecule has 0 aliphatic rings. The van der Waals surface area contributed by atoms with Crippen molar-refractivity contribution in [1.82, 2.24) is 0 Å². The number of rotatable bonds is 4. The van der Waals surface area contributed by atoms with Crippen molar-refractivity contribution >= 4 is 32.8 Å². The monoisotopic (exact) mass is 240 g/mol. The van der Waals surface area contributed by atoms with Gasteiger partial charge in [-0.1, -0.05) is 43.1 Å².